The first-order valence-corrected chi connectivity index (χ1v) is 9.19. The van der Waals surface area contributed by atoms with Crippen molar-refractivity contribution in [3.63, 3.8) is 0 Å². The van der Waals surface area contributed by atoms with Crippen LogP contribution in [0.15, 0.2) is 85.1 Å². The number of benzene rings is 4. The molecule has 0 N–H and O–H groups in total. The topological polar surface area (TPSA) is 8.81 Å². The van der Waals surface area contributed by atoms with Crippen molar-refractivity contribution in [2.24, 2.45) is 7.05 Å². The Balaban J connectivity index is 1.78. The molecule has 5 aromatic rings. The van der Waals surface area contributed by atoms with Gasteiger partial charge in [-0.25, -0.2) is 0 Å². The zero-order valence-corrected chi connectivity index (χ0v) is 15.5. The van der Waals surface area contributed by atoms with E-state index in [1.54, 1.807) is 0 Å². The maximum absolute atomic E-state index is 3.37. The molecule has 27 heavy (non-hydrogen) atoms. The minimum Gasteiger partial charge on any atom is -0.356 e. The van der Waals surface area contributed by atoms with E-state index in [1.807, 2.05) is 12.3 Å². The van der Waals surface area contributed by atoms with Crippen molar-refractivity contribution in [1.82, 2.24) is 4.57 Å². The van der Waals surface area contributed by atoms with Gasteiger partial charge in [0.2, 0.25) is 0 Å². The van der Waals surface area contributed by atoms with Crippen LogP contribution in [-0.2, 0) is 7.05 Å². The lowest BCUT2D eigenvalue weighted by atomic mass is 9.96. The second-order valence-electron chi connectivity index (χ2n) is 7.02. The third-order valence-electron chi connectivity index (χ3n) is 5.34. The second-order valence-corrected chi connectivity index (χ2v) is 7.02. The fourth-order valence-electron chi connectivity index (χ4n) is 3.91. The van der Waals surface area contributed by atoms with Crippen LogP contribution in [0.2, 0.25) is 0 Å². The fraction of sp³-hybridized carbons (Fsp3) is 0.0800. The van der Waals surface area contributed by atoms with Gasteiger partial charge in [0.1, 0.15) is 0 Å². The monoisotopic (exact) mass is 348 g/mol. The molecule has 2 heteroatoms. The SMILES string of the molecule is Cc1c(-c2n(C)c[c-][n+]2-c2ccccc2)ccc2cc3ccccc3cc12. The zero-order valence-electron chi connectivity index (χ0n) is 15.5. The third-order valence-corrected chi connectivity index (χ3v) is 5.34. The predicted octanol–water partition coefficient (Wildman–Crippen LogP) is 5.38. The van der Waals surface area contributed by atoms with Crippen molar-refractivity contribution < 1.29 is 4.57 Å². The molecule has 0 aliphatic carbocycles. The standard InChI is InChI=1S/C25H20N2/c1-18-23(25-26(2)14-15-27(25)22-10-4-3-5-11-22)13-12-21-16-19-8-6-7-9-20(19)17-24(18)21/h3-14,16-17H,1-2H3. The molecule has 130 valence electrons. The molecular formula is C25H20N2. The van der Waals surface area contributed by atoms with Crippen molar-refractivity contribution in [2.75, 3.05) is 0 Å². The van der Waals surface area contributed by atoms with Crippen LogP contribution in [0.1, 0.15) is 5.56 Å². The first kappa shape index (κ1) is 15.8. The molecule has 0 amide bonds. The molecule has 0 unspecified atom stereocenters. The number of imidazole rings is 1. The maximum atomic E-state index is 3.37. The van der Waals surface area contributed by atoms with E-state index >= 15 is 0 Å². The van der Waals surface area contributed by atoms with Crippen molar-refractivity contribution in [2.45, 2.75) is 6.92 Å². The highest BCUT2D eigenvalue weighted by atomic mass is 15.1. The van der Waals surface area contributed by atoms with Gasteiger partial charge in [0.25, 0.3) is 0 Å². The number of hydrogen-bond donors (Lipinski definition) is 0. The summed E-state index contributed by atoms with van der Waals surface area (Å²) in [5.41, 5.74) is 3.63. The fourth-order valence-corrected chi connectivity index (χ4v) is 3.91. The molecule has 0 atom stereocenters. The van der Waals surface area contributed by atoms with Crippen LogP contribution in [0, 0.1) is 13.1 Å². The molecule has 1 heterocycles. The minimum atomic E-state index is 1.12. The molecule has 0 bridgehead atoms. The molecule has 4 aromatic carbocycles. The highest BCUT2D eigenvalue weighted by Gasteiger charge is 2.14. The molecular weight excluding hydrogens is 328 g/mol. The maximum Gasteiger partial charge on any atom is 0.185 e. The van der Waals surface area contributed by atoms with Gasteiger partial charge in [-0.2, -0.15) is 0 Å². The van der Waals surface area contributed by atoms with Gasteiger partial charge in [-0.05, 0) is 46.2 Å². The number of para-hydroxylation sites is 1. The van der Waals surface area contributed by atoms with Crippen LogP contribution in [0.3, 0.4) is 0 Å². The molecule has 0 aliphatic rings. The predicted molar refractivity (Wildman–Crippen MR) is 111 cm³/mol. The highest BCUT2D eigenvalue weighted by Crippen LogP contribution is 2.31. The Morgan fingerprint density at radius 1 is 0.778 bits per heavy atom. The van der Waals surface area contributed by atoms with Gasteiger partial charge in [-0.1, -0.05) is 66.7 Å². The first-order chi connectivity index (χ1) is 13.2. The van der Waals surface area contributed by atoms with Crippen molar-refractivity contribution in [3.8, 4) is 17.1 Å². The number of hydrogen-bond acceptors (Lipinski definition) is 0. The molecule has 0 saturated carbocycles. The largest absolute Gasteiger partial charge is 0.356 e. The van der Waals surface area contributed by atoms with Gasteiger partial charge in [-0.15, -0.1) is 0 Å². The van der Waals surface area contributed by atoms with Crippen molar-refractivity contribution >= 4 is 21.5 Å². The summed E-state index contributed by atoms with van der Waals surface area (Å²) in [5, 5.41) is 5.13. The average molecular weight is 348 g/mol. The highest BCUT2D eigenvalue weighted by molar-refractivity contribution is 6.01. The third kappa shape index (κ3) is 2.53. The number of nitrogens with zero attached hydrogens (tertiary/aromatic N) is 2. The molecule has 0 radical (unpaired) electrons. The van der Waals surface area contributed by atoms with Gasteiger partial charge in [0.15, 0.2) is 5.82 Å². The molecule has 1 aromatic heterocycles. The Kier molecular flexibility index (Phi) is 3.58. The van der Waals surface area contributed by atoms with E-state index in [4.69, 9.17) is 0 Å². The number of aromatic nitrogens is 2. The summed E-state index contributed by atoms with van der Waals surface area (Å²) < 4.78 is 4.28. The van der Waals surface area contributed by atoms with E-state index in [0.29, 0.717) is 0 Å². The van der Waals surface area contributed by atoms with Gasteiger partial charge in [0.05, 0.1) is 19.4 Å². The smallest absolute Gasteiger partial charge is 0.185 e. The van der Waals surface area contributed by atoms with Gasteiger partial charge in [-0.3, -0.25) is 4.57 Å². The lowest BCUT2D eigenvalue weighted by molar-refractivity contribution is -0.587. The summed E-state index contributed by atoms with van der Waals surface area (Å²) in [7, 11) is 2.08. The summed E-state index contributed by atoms with van der Waals surface area (Å²) in [5.74, 6) is 1.13. The first-order valence-electron chi connectivity index (χ1n) is 9.19. The number of aryl methyl sites for hydroxylation is 2. The minimum absolute atomic E-state index is 1.12. The van der Waals surface area contributed by atoms with Crippen LogP contribution in [0.4, 0.5) is 0 Å². The van der Waals surface area contributed by atoms with E-state index in [1.165, 1.54) is 32.7 Å². The molecule has 5 rings (SSSR count). The van der Waals surface area contributed by atoms with Crippen LogP contribution < -0.4 is 4.57 Å². The molecule has 0 saturated heterocycles. The summed E-state index contributed by atoms with van der Waals surface area (Å²) >= 11 is 0. The van der Waals surface area contributed by atoms with Gasteiger partial charge < -0.3 is 4.57 Å². The second kappa shape index (κ2) is 6.10. The van der Waals surface area contributed by atoms with E-state index in [2.05, 4.69) is 102 Å². The Morgan fingerprint density at radius 2 is 1.48 bits per heavy atom. The number of fused-ring (bicyclic) bond motifs is 2. The van der Waals surface area contributed by atoms with Crippen molar-refractivity contribution in [3.05, 3.63) is 96.8 Å². The van der Waals surface area contributed by atoms with E-state index in [9.17, 15) is 0 Å². The summed E-state index contributed by atoms with van der Waals surface area (Å²) in [6.07, 6.45) is 5.37. The summed E-state index contributed by atoms with van der Waals surface area (Å²) in [6, 6.07) is 28.0. The lowest BCUT2D eigenvalue weighted by Gasteiger charge is -2.15. The van der Waals surface area contributed by atoms with Crippen LogP contribution >= 0.6 is 0 Å². The Labute approximate surface area is 158 Å². The quantitative estimate of drug-likeness (QED) is 0.230. The van der Waals surface area contributed by atoms with Crippen LogP contribution in [0.5, 0.6) is 0 Å². The van der Waals surface area contributed by atoms with E-state index in [-0.39, 0.29) is 0 Å². The molecule has 0 aliphatic heterocycles. The van der Waals surface area contributed by atoms with E-state index < -0.39 is 0 Å². The summed E-state index contributed by atoms with van der Waals surface area (Å²) in [6.45, 7) is 2.22. The zero-order chi connectivity index (χ0) is 18.4. The normalized spacial score (nSPS) is 11.3. The summed E-state index contributed by atoms with van der Waals surface area (Å²) in [4.78, 5) is 0. The Morgan fingerprint density at radius 3 is 2.26 bits per heavy atom. The van der Waals surface area contributed by atoms with Crippen LogP contribution in [-0.4, -0.2) is 4.57 Å². The average Bonchev–Trinajstić information content (AvgIpc) is 3.09. The molecule has 2 nitrogen and oxygen atoms in total. The van der Waals surface area contributed by atoms with E-state index in [0.717, 1.165) is 11.5 Å². The number of rotatable bonds is 2. The molecule has 0 fully saturated rings. The van der Waals surface area contributed by atoms with Crippen molar-refractivity contribution in [1.29, 1.82) is 0 Å². The molecule has 0 spiro atoms. The van der Waals surface area contributed by atoms with Crippen LogP contribution in [0.25, 0.3) is 38.6 Å². The van der Waals surface area contributed by atoms with Gasteiger partial charge in [0, 0.05) is 11.3 Å². The Bertz CT molecular complexity index is 1280. The van der Waals surface area contributed by atoms with Gasteiger partial charge >= 0.3 is 0 Å². The lowest BCUT2D eigenvalue weighted by Crippen LogP contribution is -2.32. The Hall–Kier alpha value is -3.39.